The van der Waals surface area contributed by atoms with Crippen molar-refractivity contribution in [3.8, 4) is 0 Å². The molecule has 0 saturated carbocycles. The van der Waals surface area contributed by atoms with Gasteiger partial charge in [-0.15, -0.1) is 0 Å². The number of aryl methyl sites for hydroxylation is 2. The van der Waals surface area contributed by atoms with E-state index in [-0.39, 0.29) is 21.2 Å². The zero-order valence-corrected chi connectivity index (χ0v) is 23.8. The van der Waals surface area contributed by atoms with E-state index in [1.165, 1.54) is 60.7 Å². The Hall–Kier alpha value is -3.93. The van der Waals surface area contributed by atoms with Gasteiger partial charge >= 0.3 is 0 Å². The summed E-state index contributed by atoms with van der Waals surface area (Å²) in [7, 11) is -8.11. The highest BCUT2D eigenvalue weighted by Gasteiger charge is 2.27. The molecule has 0 aliphatic heterocycles. The SMILES string of the molecule is Cc1ccc(N(CC(=O)Nc2ccc(S(=O)(=O)Nc3ccc(F)cc3)cc2)S(=O)(=O)c2ccc(Cl)cc2)cc1C. The Morgan fingerprint density at radius 3 is 1.95 bits per heavy atom. The molecule has 2 N–H and O–H groups in total. The third-order valence-electron chi connectivity index (χ3n) is 6.01. The van der Waals surface area contributed by atoms with E-state index in [1.807, 2.05) is 13.8 Å². The van der Waals surface area contributed by atoms with Gasteiger partial charge in [0.15, 0.2) is 0 Å². The van der Waals surface area contributed by atoms with Gasteiger partial charge in [-0.3, -0.25) is 13.8 Å². The molecule has 4 aromatic carbocycles. The summed E-state index contributed by atoms with van der Waals surface area (Å²) in [5.74, 6) is -1.14. The summed E-state index contributed by atoms with van der Waals surface area (Å²) < 4.78 is 68.9. The number of carbonyl (C=O) groups is 1. The smallest absolute Gasteiger partial charge is 0.264 e. The first-order valence-corrected chi connectivity index (χ1v) is 15.2. The van der Waals surface area contributed by atoms with Crippen LogP contribution in [0, 0.1) is 19.7 Å². The summed E-state index contributed by atoms with van der Waals surface area (Å²) in [6.45, 7) is 3.19. The van der Waals surface area contributed by atoms with Gasteiger partial charge in [0.05, 0.1) is 15.5 Å². The van der Waals surface area contributed by atoms with Gasteiger partial charge in [0.2, 0.25) is 5.91 Å². The first kappa shape index (κ1) is 29.1. The normalized spacial score (nSPS) is 11.6. The van der Waals surface area contributed by atoms with Gasteiger partial charge in [0.25, 0.3) is 20.0 Å². The van der Waals surface area contributed by atoms with E-state index in [2.05, 4.69) is 10.0 Å². The lowest BCUT2D eigenvalue weighted by molar-refractivity contribution is -0.114. The number of carbonyl (C=O) groups excluding carboxylic acids is 1. The number of hydrogen-bond donors (Lipinski definition) is 2. The van der Waals surface area contributed by atoms with Crippen LogP contribution in [0.3, 0.4) is 0 Å². The molecule has 0 saturated heterocycles. The molecular formula is C28H25ClFN3O5S2. The lowest BCUT2D eigenvalue weighted by Crippen LogP contribution is -2.38. The highest BCUT2D eigenvalue weighted by Crippen LogP contribution is 2.27. The van der Waals surface area contributed by atoms with Gasteiger partial charge in [-0.05, 0) is 110 Å². The number of anilines is 3. The molecule has 0 aliphatic rings. The molecule has 0 bridgehead atoms. The minimum absolute atomic E-state index is 0.0360. The number of halogens is 2. The Morgan fingerprint density at radius 2 is 1.35 bits per heavy atom. The predicted molar refractivity (Wildman–Crippen MR) is 154 cm³/mol. The lowest BCUT2D eigenvalue weighted by atomic mass is 10.1. The monoisotopic (exact) mass is 601 g/mol. The van der Waals surface area contributed by atoms with Crippen LogP contribution in [0.5, 0.6) is 0 Å². The maximum Gasteiger partial charge on any atom is 0.264 e. The fourth-order valence-corrected chi connectivity index (χ4v) is 6.31. The van der Waals surface area contributed by atoms with Crippen LogP contribution in [0.25, 0.3) is 0 Å². The number of nitrogens with one attached hydrogen (secondary N) is 2. The van der Waals surface area contributed by atoms with Crippen molar-refractivity contribution < 1.29 is 26.0 Å². The molecule has 1 amide bonds. The molecular weight excluding hydrogens is 577 g/mol. The number of nitrogens with zero attached hydrogens (tertiary/aromatic N) is 1. The van der Waals surface area contributed by atoms with Crippen molar-refractivity contribution in [1.82, 2.24) is 0 Å². The molecule has 0 heterocycles. The van der Waals surface area contributed by atoms with Crippen molar-refractivity contribution >= 4 is 54.6 Å². The molecule has 0 atom stereocenters. The predicted octanol–water partition coefficient (Wildman–Crippen LogP) is 5.73. The first-order valence-electron chi connectivity index (χ1n) is 11.9. The van der Waals surface area contributed by atoms with Crippen molar-refractivity contribution in [2.75, 3.05) is 20.9 Å². The summed E-state index contributed by atoms with van der Waals surface area (Å²) in [4.78, 5) is 12.9. The van der Waals surface area contributed by atoms with Crippen LogP contribution in [-0.4, -0.2) is 29.3 Å². The molecule has 0 fully saturated rings. The van der Waals surface area contributed by atoms with E-state index in [9.17, 15) is 26.0 Å². The van der Waals surface area contributed by atoms with Crippen LogP contribution in [-0.2, 0) is 24.8 Å². The van der Waals surface area contributed by atoms with Gasteiger partial charge in [0, 0.05) is 16.4 Å². The van der Waals surface area contributed by atoms with Crippen LogP contribution in [0.4, 0.5) is 21.5 Å². The summed E-state index contributed by atoms with van der Waals surface area (Å²) >= 11 is 5.93. The van der Waals surface area contributed by atoms with E-state index < -0.39 is 38.3 Å². The Kier molecular flexibility index (Phi) is 8.48. The summed E-state index contributed by atoms with van der Waals surface area (Å²) in [6, 6.07) is 20.9. The summed E-state index contributed by atoms with van der Waals surface area (Å²) in [5.41, 5.74) is 2.56. The van der Waals surface area contributed by atoms with E-state index in [0.29, 0.717) is 10.7 Å². The van der Waals surface area contributed by atoms with Crippen LogP contribution >= 0.6 is 11.6 Å². The topological polar surface area (TPSA) is 113 Å². The highest BCUT2D eigenvalue weighted by atomic mass is 35.5. The van der Waals surface area contributed by atoms with Crippen LogP contribution in [0.15, 0.2) is 101 Å². The zero-order valence-electron chi connectivity index (χ0n) is 21.4. The minimum Gasteiger partial charge on any atom is -0.325 e. The van der Waals surface area contributed by atoms with E-state index in [1.54, 1.807) is 18.2 Å². The van der Waals surface area contributed by atoms with Crippen LogP contribution in [0.1, 0.15) is 11.1 Å². The molecule has 40 heavy (non-hydrogen) atoms. The van der Waals surface area contributed by atoms with Gasteiger partial charge in [-0.2, -0.15) is 0 Å². The molecule has 0 aliphatic carbocycles. The number of sulfonamides is 2. The second-order valence-electron chi connectivity index (χ2n) is 8.92. The van der Waals surface area contributed by atoms with Crippen molar-refractivity contribution in [2.45, 2.75) is 23.6 Å². The second-order valence-corrected chi connectivity index (χ2v) is 12.9. The maximum absolute atomic E-state index is 13.6. The number of hydrogen-bond acceptors (Lipinski definition) is 5. The minimum atomic E-state index is -4.14. The lowest BCUT2D eigenvalue weighted by Gasteiger charge is -2.25. The molecule has 4 rings (SSSR count). The van der Waals surface area contributed by atoms with Crippen molar-refractivity contribution in [3.63, 3.8) is 0 Å². The van der Waals surface area contributed by atoms with Gasteiger partial charge in [-0.25, -0.2) is 21.2 Å². The zero-order chi connectivity index (χ0) is 29.1. The standard InChI is InChI=1S/C28H25ClFN3O5S2/c1-19-3-12-25(17-20(19)2)33(40(37,38)27-13-4-21(29)5-14-27)18-28(34)31-23-10-15-26(16-11-23)39(35,36)32-24-8-6-22(30)7-9-24/h3-17,32H,18H2,1-2H3,(H,31,34). The number of rotatable bonds is 9. The fraction of sp³-hybridized carbons (Fsp3) is 0.107. The molecule has 0 unspecified atom stereocenters. The quantitative estimate of drug-likeness (QED) is 0.254. The Labute approximate surface area is 237 Å². The van der Waals surface area contributed by atoms with Crippen molar-refractivity contribution in [2.24, 2.45) is 0 Å². The van der Waals surface area contributed by atoms with Gasteiger partial charge in [-0.1, -0.05) is 17.7 Å². The van der Waals surface area contributed by atoms with Crippen molar-refractivity contribution in [3.05, 3.63) is 113 Å². The van der Waals surface area contributed by atoms with Crippen LogP contribution in [0.2, 0.25) is 5.02 Å². The van der Waals surface area contributed by atoms with Gasteiger partial charge < -0.3 is 5.32 Å². The third-order valence-corrected chi connectivity index (χ3v) is 9.45. The highest BCUT2D eigenvalue weighted by molar-refractivity contribution is 7.93. The Bertz CT molecular complexity index is 1750. The summed E-state index contributed by atoms with van der Waals surface area (Å²) in [5, 5.41) is 2.98. The van der Waals surface area contributed by atoms with E-state index in [4.69, 9.17) is 11.6 Å². The molecule has 4 aromatic rings. The third kappa shape index (κ3) is 6.79. The Morgan fingerprint density at radius 1 is 0.775 bits per heavy atom. The number of benzene rings is 4. The molecule has 208 valence electrons. The second kappa shape index (κ2) is 11.7. The molecule has 0 radical (unpaired) electrons. The molecule has 0 spiro atoms. The molecule has 12 heteroatoms. The van der Waals surface area contributed by atoms with E-state index >= 15 is 0 Å². The first-order chi connectivity index (χ1) is 18.8. The summed E-state index contributed by atoms with van der Waals surface area (Å²) in [6.07, 6.45) is 0. The average Bonchev–Trinajstić information content (AvgIpc) is 2.91. The largest absolute Gasteiger partial charge is 0.325 e. The Balaban J connectivity index is 1.54. The van der Waals surface area contributed by atoms with Crippen LogP contribution < -0.4 is 14.3 Å². The molecule has 0 aromatic heterocycles. The number of amides is 1. The van der Waals surface area contributed by atoms with Crippen molar-refractivity contribution in [1.29, 1.82) is 0 Å². The molecule has 8 nitrogen and oxygen atoms in total. The fourth-order valence-electron chi connectivity index (χ4n) is 3.71. The average molecular weight is 602 g/mol. The van der Waals surface area contributed by atoms with Gasteiger partial charge in [0.1, 0.15) is 12.4 Å². The maximum atomic E-state index is 13.6. The van der Waals surface area contributed by atoms with E-state index in [0.717, 1.165) is 27.6 Å².